The quantitative estimate of drug-likeness (QED) is 0.464. The number of carbonyl (C=O) groups is 2. The van der Waals surface area contributed by atoms with E-state index in [0.717, 1.165) is 0 Å². The van der Waals surface area contributed by atoms with E-state index in [9.17, 15) is 9.59 Å². The number of hydrogen-bond donors (Lipinski definition) is 3. The van der Waals surface area contributed by atoms with Gasteiger partial charge in [-0.2, -0.15) is 0 Å². The molecule has 0 aromatic carbocycles. The zero-order valence-corrected chi connectivity index (χ0v) is 7.84. The van der Waals surface area contributed by atoms with Crippen LogP contribution in [0.5, 0.6) is 0 Å². The summed E-state index contributed by atoms with van der Waals surface area (Å²) in [7, 11) is 0. The van der Waals surface area contributed by atoms with Crippen molar-refractivity contribution >= 4 is 11.9 Å². The molecule has 7 nitrogen and oxygen atoms in total. The van der Waals surface area contributed by atoms with E-state index in [1.54, 1.807) is 0 Å². The predicted molar refractivity (Wildman–Crippen MR) is 39.7 cm³/mol. The van der Waals surface area contributed by atoms with Crippen molar-refractivity contribution in [3.63, 3.8) is 0 Å². The van der Waals surface area contributed by atoms with Crippen LogP contribution < -0.4 is 5.73 Å². The molecular weight excluding hydrogens is 225 g/mol. The van der Waals surface area contributed by atoms with Gasteiger partial charge in [0.25, 0.3) is 0 Å². The zero-order valence-electron chi connectivity index (χ0n) is 6.66. The van der Waals surface area contributed by atoms with Crippen LogP contribution in [0.15, 0.2) is 0 Å². The molecule has 0 spiro atoms. The first-order chi connectivity index (χ1) is 4.54. The molecule has 81 valence electrons. The molecule has 1 unspecified atom stereocenters. The van der Waals surface area contributed by atoms with Crippen LogP contribution in [0.25, 0.3) is 0 Å². The third-order valence-corrected chi connectivity index (χ3v) is 0.986. The van der Waals surface area contributed by atoms with Crippen molar-refractivity contribution in [1.29, 1.82) is 0 Å². The van der Waals surface area contributed by atoms with E-state index in [1.807, 2.05) is 0 Å². The number of hydrogen-bond acceptors (Lipinski definition) is 3. The average Bonchev–Trinajstić information content (AvgIpc) is 1.82. The number of nitrogens with two attached hydrogens (primary N) is 1. The molecule has 8 heteroatoms. The van der Waals surface area contributed by atoms with Gasteiger partial charge in [-0.15, -0.1) is 0 Å². The van der Waals surface area contributed by atoms with E-state index in [1.165, 1.54) is 0 Å². The van der Waals surface area contributed by atoms with Crippen molar-refractivity contribution in [2.45, 2.75) is 18.9 Å². The molecule has 0 aliphatic heterocycles. The van der Waals surface area contributed by atoms with Gasteiger partial charge in [-0.3, -0.25) is 9.59 Å². The zero-order chi connectivity index (χ0) is 8.15. The third-order valence-electron chi connectivity index (χ3n) is 0.986. The van der Waals surface area contributed by atoms with E-state index >= 15 is 0 Å². The predicted octanol–water partition coefficient (Wildman–Crippen LogP) is -2.39. The first kappa shape index (κ1) is 22.8. The van der Waals surface area contributed by atoms with Crippen molar-refractivity contribution in [2.75, 3.05) is 0 Å². The van der Waals surface area contributed by atoms with Gasteiger partial charge in [0.1, 0.15) is 6.04 Å². The van der Waals surface area contributed by atoms with Gasteiger partial charge in [0, 0.05) is 23.5 Å². The second-order valence-electron chi connectivity index (χ2n) is 1.88. The Morgan fingerprint density at radius 3 is 1.85 bits per heavy atom. The fourth-order valence-electron chi connectivity index (χ4n) is 0.402. The summed E-state index contributed by atoms with van der Waals surface area (Å²) in [5.41, 5.74) is 5.00. The molecule has 0 bridgehead atoms. The van der Waals surface area contributed by atoms with Crippen molar-refractivity contribution in [3.8, 4) is 0 Å². The standard InChI is InChI=1S/C5H9NO4.Mn.2H2O/c6-3(5(9)10)1-2-4(7)8;;;/h3H,1-2,6H2,(H,7,8)(H,9,10);;2*1H2. The van der Waals surface area contributed by atoms with Gasteiger partial charge in [0.2, 0.25) is 0 Å². The second-order valence-corrected chi connectivity index (χ2v) is 1.88. The van der Waals surface area contributed by atoms with Crippen LogP contribution in [0, 0.1) is 0 Å². The molecule has 0 aromatic heterocycles. The molecule has 0 fully saturated rings. The molecule has 0 saturated heterocycles. The Bertz CT molecular complexity index is 152. The molecule has 0 heterocycles. The maximum atomic E-state index is 9.99. The Balaban J connectivity index is -0.000000135. The van der Waals surface area contributed by atoms with E-state index in [2.05, 4.69) is 0 Å². The summed E-state index contributed by atoms with van der Waals surface area (Å²) in [6.45, 7) is 0. The second kappa shape index (κ2) is 11.3. The van der Waals surface area contributed by atoms with Crippen LogP contribution >= 0.6 is 0 Å². The van der Waals surface area contributed by atoms with Crippen molar-refractivity contribution in [1.82, 2.24) is 0 Å². The fraction of sp³-hybridized carbons (Fsp3) is 0.600. The average molecular weight is 238 g/mol. The van der Waals surface area contributed by atoms with Crippen molar-refractivity contribution < 1.29 is 47.8 Å². The molecule has 0 aromatic rings. The molecule has 0 aliphatic carbocycles. The minimum atomic E-state index is -1.17. The van der Waals surface area contributed by atoms with Gasteiger partial charge in [0.05, 0.1) is 0 Å². The Morgan fingerprint density at radius 1 is 1.23 bits per heavy atom. The Labute approximate surface area is 85.0 Å². The van der Waals surface area contributed by atoms with E-state index < -0.39 is 18.0 Å². The summed E-state index contributed by atoms with van der Waals surface area (Å²) in [6, 6.07) is -1.06. The SMILES string of the molecule is NC(CCC(=O)O)C(=O)O.O.O.[Mn]. The van der Waals surface area contributed by atoms with Crippen LogP contribution in [0.1, 0.15) is 12.8 Å². The van der Waals surface area contributed by atoms with Gasteiger partial charge < -0.3 is 26.9 Å². The van der Waals surface area contributed by atoms with Crippen LogP contribution in [0.2, 0.25) is 0 Å². The minimum Gasteiger partial charge on any atom is -0.481 e. The monoisotopic (exact) mass is 238 g/mol. The summed E-state index contributed by atoms with van der Waals surface area (Å²) in [4.78, 5) is 19.9. The first-order valence-electron chi connectivity index (χ1n) is 2.74. The molecule has 13 heavy (non-hydrogen) atoms. The van der Waals surface area contributed by atoms with Gasteiger partial charge in [-0.1, -0.05) is 0 Å². The Hall–Kier alpha value is -0.661. The van der Waals surface area contributed by atoms with Gasteiger partial charge in [0.15, 0.2) is 0 Å². The molecular formula is C5H13MnNO6. The van der Waals surface area contributed by atoms with Crippen LogP contribution in [-0.2, 0) is 26.7 Å². The molecule has 0 aliphatic rings. The summed E-state index contributed by atoms with van der Waals surface area (Å²) in [6.07, 6.45) is -0.224. The molecule has 0 amide bonds. The third kappa shape index (κ3) is 14.2. The number of carboxylic acid groups (broad SMARTS) is 2. The van der Waals surface area contributed by atoms with E-state index in [4.69, 9.17) is 15.9 Å². The summed E-state index contributed by atoms with van der Waals surface area (Å²) in [5, 5.41) is 16.3. The minimum absolute atomic E-state index is 0. The normalized spacial score (nSPS) is 9.62. The number of rotatable bonds is 4. The summed E-state index contributed by atoms with van der Waals surface area (Å²) < 4.78 is 0. The van der Waals surface area contributed by atoms with E-state index in [0.29, 0.717) is 0 Å². The number of aliphatic carboxylic acids is 2. The smallest absolute Gasteiger partial charge is 0.320 e. The van der Waals surface area contributed by atoms with Crippen LogP contribution in [-0.4, -0.2) is 39.1 Å². The summed E-state index contributed by atoms with van der Waals surface area (Å²) >= 11 is 0. The number of carboxylic acids is 2. The molecule has 1 radical (unpaired) electrons. The molecule has 1 atom stereocenters. The van der Waals surface area contributed by atoms with Gasteiger partial charge in [-0.25, -0.2) is 0 Å². The van der Waals surface area contributed by atoms with E-state index in [-0.39, 0.29) is 40.9 Å². The molecule has 0 saturated carbocycles. The van der Waals surface area contributed by atoms with Gasteiger partial charge in [-0.05, 0) is 6.42 Å². The fourth-order valence-corrected chi connectivity index (χ4v) is 0.402. The molecule has 8 N–H and O–H groups in total. The Kier molecular flexibility index (Phi) is 19.9. The maximum absolute atomic E-state index is 9.99. The van der Waals surface area contributed by atoms with Crippen molar-refractivity contribution in [3.05, 3.63) is 0 Å². The maximum Gasteiger partial charge on any atom is 0.320 e. The van der Waals surface area contributed by atoms with Crippen LogP contribution in [0.4, 0.5) is 0 Å². The summed E-state index contributed by atoms with van der Waals surface area (Å²) in [5.74, 6) is -2.20. The topological polar surface area (TPSA) is 164 Å². The Morgan fingerprint density at radius 2 is 1.62 bits per heavy atom. The first-order valence-corrected chi connectivity index (χ1v) is 2.74. The van der Waals surface area contributed by atoms with Crippen LogP contribution in [0.3, 0.4) is 0 Å². The van der Waals surface area contributed by atoms with Gasteiger partial charge >= 0.3 is 11.9 Å². The molecule has 0 rings (SSSR count). The largest absolute Gasteiger partial charge is 0.481 e. The van der Waals surface area contributed by atoms with Crippen molar-refractivity contribution in [2.24, 2.45) is 5.73 Å².